The molecule has 21 heavy (non-hydrogen) atoms. The van der Waals surface area contributed by atoms with Crippen LogP contribution in [0.3, 0.4) is 0 Å². The molecular formula is C17H9N3O. The van der Waals surface area contributed by atoms with Gasteiger partial charge in [0.2, 0.25) is 0 Å². The maximum Gasteiger partial charge on any atom is 0.153 e. The lowest BCUT2D eigenvalue weighted by Crippen LogP contribution is -1.82. The Balaban J connectivity index is 1.96. The largest absolute Gasteiger partial charge is 0.454 e. The van der Waals surface area contributed by atoms with Crippen molar-refractivity contribution < 1.29 is 4.42 Å². The van der Waals surface area contributed by atoms with Crippen molar-refractivity contribution in [2.75, 3.05) is 0 Å². The molecule has 0 amide bonds. The normalized spacial score (nSPS) is 9.81. The minimum Gasteiger partial charge on any atom is -0.454 e. The van der Waals surface area contributed by atoms with Crippen LogP contribution < -0.4 is 0 Å². The molecule has 0 aliphatic carbocycles. The van der Waals surface area contributed by atoms with Crippen LogP contribution in [0, 0.1) is 22.7 Å². The van der Waals surface area contributed by atoms with E-state index in [4.69, 9.17) is 14.9 Å². The molecule has 4 heteroatoms. The van der Waals surface area contributed by atoms with Crippen molar-refractivity contribution in [2.24, 2.45) is 0 Å². The zero-order chi connectivity index (χ0) is 14.7. The summed E-state index contributed by atoms with van der Waals surface area (Å²) in [5.41, 5.74) is 2.60. The summed E-state index contributed by atoms with van der Waals surface area (Å²) in [7, 11) is 0. The highest BCUT2D eigenvalue weighted by molar-refractivity contribution is 5.64. The van der Waals surface area contributed by atoms with E-state index in [1.165, 1.54) is 6.20 Å². The maximum atomic E-state index is 8.92. The highest BCUT2D eigenvalue weighted by Gasteiger charge is 2.08. The molecule has 0 unspecified atom stereocenters. The molecule has 3 rings (SSSR count). The number of aromatic nitrogens is 1. The Hall–Kier alpha value is -3.37. The quantitative estimate of drug-likeness (QED) is 0.711. The van der Waals surface area contributed by atoms with Gasteiger partial charge in [-0.3, -0.25) is 4.98 Å². The monoisotopic (exact) mass is 271 g/mol. The molecule has 2 heterocycles. The minimum atomic E-state index is 0.507. The lowest BCUT2D eigenvalue weighted by Gasteiger charge is -1.98. The summed E-state index contributed by atoms with van der Waals surface area (Å²) in [4.78, 5) is 4.19. The van der Waals surface area contributed by atoms with Crippen LogP contribution in [0.25, 0.3) is 22.8 Å². The average molecular weight is 271 g/mol. The second-order valence-corrected chi connectivity index (χ2v) is 4.40. The van der Waals surface area contributed by atoms with E-state index in [2.05, 4.69) is 11.1 Å². The maximum absolute atomic E-state index is 8.92. The van der Waals surface area contributed by atoms with E-state index in [0.717, 1.165) is 5.56 Å². The lowest BCUT2D eigenvalue weighted by atomic mass is 10.1. The number of hydrogen-bond acceptors (Lipinski definition) is 4. The molecule has 0 saturated heterocycles. The number of nitrogens with zero attached hydrogens (tertiary/aromatic N) is 3. The highest BCUT2D eigenvalue weighted by Crippen LogP contribution is 2.27. The Bertz CT molecular complexity index is 864. The standard InChI is InChI=1S/C17H9N3O/c18-9-12-2-1-3-14(8-12)16-6-7-17(21-16)15-5-4-13(10-19)11-20-15/h1-8,11H. The van der Waals surface area contributed by atoms with Gasteiger partial charge in [0.05, 0.1) is 17.2 Å². The summed E-state index contributed by atoms with van der Waals surface area (Å²) in [6, 6.07) is 18.4. The highest BCUT2D eigenvalue weighted by atomic mass is 16.3. The minimum absolute atomic E-state index is 0.507. The lowest BCUT2D eigenvalue weighted by molar-refractivity contribution is 0.595. The van der Waals surface area contributed by atoms with Crippen molar-refractivity contribution in [1.29, 1.82) is 10.5 Å². The summed E-state index contributed by atoms with van der Waals surface area (Å²) in [5.74, 6) is 1.30. The first-order chi connectivity index (χ1) is 10.3. The molecule has 0 radical (unpaired) electrons. The van der Waals surface area contributed by atoms with Crippen molar-refractivity contribution in [1.82, 2.24) is 4.98 Å². The number of hydrogen-bond donors (Lipinski definition) is 0. The number of furan rings is 1. The average Bonchev–Trinajstić information content (AvgIpc) is 3.05. The van der Waals surface area contributed by atoms with Crippen LogP contribution in [0.2, 0.25) is 0 Å². The van der Waals surface area contributed by atoms with Crippen molar-refractivity contribution in [3.63, 3.8) is 0 Å². The number of rotatable bonds is 2. The Morgan fingerprint density at radius 3 is 2.38 bits per heavy atom. The molecular weight excluding hydrogens is 262 g/mol. The van der Waals surface area contributed by atoms with E-state index in [-0.39, 0.29) is 0 Å². The molecule has 2 aromatic heterocycles. The fourth-order valence-corrected chi connectivity index (χ4v) is 1.98. The second-order valence-electron chi connectivity index (χ2n) is 4.40. The third kappa shape index (κ3) is 2.51. The third-order valence-electron chi connectivity index (χ3n) is 3.03. The van der Waals surface area contributed by atoms with Crippen molar-refractivity contribution in [2.45, 2.75) is 0 Å². The van der Waals surface area contributed by atoms with E-state index in [0.29, 0.717) is 28.3 Å². The Kier molecular flexibility index (Phi) is 3.21. The zero-order valence-corrected chi connectivity index (χ0v) is 10.9. The number of nitriles is 2. The van der Waals surface area contributed by atoms with Crippen LogP contribution in [-0.4, -0.2) is 4.98 Å². The van der Waals surface area contributed by atoms with Crippen LogP contribution in [-0.2, 0) is 0 Å². The smallest absolute Gasteiger partial charge is 0.153 e. The first-order valence-electron chi connectivity index (χ1n) is 6.27. The van der Waals surface area contributed by atoms with Gasteiger partial charge in [-0.25, -0.2) is 0 Å². The summed E-state index contributed by atoms with van der Waals surface area (Å²) in [6.45, 7) is 0. The molecule has 0 atom stereocenters. The SMILES string of the molecule is N#Cc1ccc(-c2ccc(-c3cccc(C#N)c3)o2)nc1. The summed E-state index contributed by atoms with van der Waals surface area (Å²) >= 11 is 0. The molecule has 0 aliphatic heterocycles. The second kappa shape index (κ2) is 5.32. The molecule has 0 bridgehead atoms. The van der Waals surface area contributed by atoms with Gasteiger partial charge in [0.15, 0.2) is 5.76 Å². The number of pyridine rings is 1. The molecule has 98 valence electrons. The van der Waals surface area contributed by atoms with Crippen LogP contribution >= 0.6 is 0 Å². The molecule has 0 fully saturated rings. The topological polar surface area (TPSA) is 73.6 Å². The van der Waals surface area contributed by atoms with Crippen molar-refractivity contribution in [3.8, 4) is 34.9 Å². The number of benzene rings is 1. The Morgan fingerprint density at radius 1 is 0.857 bits per heavy atom. The summed E-state index contributed by atoms with van der Waals surface area (Å²) in [5, 5.41) is 17.7. The van der Waals surface area contributed by atoms with Gasteiger partial charge in [0.1, 0.15) is 17.5 Å². The fourth-order valence-electron chi connectivity index (χ4n) is 1.98. The molecule has 0 saturated carbocycles. The molecule has 4 nitrogen and oxygen atoms in total. The summed E-state index contributed by atoms with van der Waals surface area (Å²) < 4.78 is 5.77. The molecule has 3 aromatic rings. The van der Waals surface area contributed by atoms with Gasteiger partial charge >= 0.3 is 0 Å². The van der Waals surface area contributed by atoms with Crippen LogP contribution in [0.15, 0.2) is 59.1 Å². The molecule has 0 spiro atoms. The van der Waals surface area contributed by atoms with Crippen LogP contribution in [0.5, 0.6) is 0 Å². The van der Waals surface area contributed by atoms with E-state index in [9.17, 15) is 0 Å². The van der Waals surface area contributed by atoms with Crippen molar-refractivity contribution >= 4 is 0 Å². The van der Waals surface area contributed by atoms with Gasteiger partial charge in [-0.2, -0.15) is 10.5 Å². The Morgan fingerprint density at radius 2 is 1.67 bits per heavy atom. The van der Waals surface area contributed by atoms with Gasteiger partial charge in [-0.05, 0) is 36.4 Å². The molecule has 0 N–H and O–H groups in total. The van der Waals surface area contributed by atoms with Gasteiger partial charge < -0.3 is 4.42 Å². The van der Waals surface area contributed by atoms with E-state index < -0.39 is 0 Å². The van der Waals surface area contributed by atoms with Gasteiger partial charge in [-0.1, -0.05) is 12.1 Å². The van der Waals surface area contributed by atoms with Gasteiger partial charge in [0.25, 0.3) is 0 Å². The van der Waals surface area contributed by atoms with E-state index >= 15 is 0 Å². The first kappa shape index (κ1) is 12.7. The summed E-state index contributed by atoms with van der Waals surface area (Å²) in [6.07, 6.45) is 1.51. The van der Waals surface area contributed by atoms with Crippen LogP contribution in [0.1, 0.15) is 11.1 Å². The molecule has 1 aromatic carbocycles. The predicted octanol–water partition coefficient (Wildman–Crippen LogP) is 3.75. The van der Waals surface area contributed by atoms with Crippen LogP contribution in [0.4, 0.5) is 0 Å². The van der Waals surface area contributed by atoms with Crippen molar-refractivity contribution in [3.05, 3.63) is 65.9 Å². The van der Waals surface area contributed by atoms with Gasteiger partial charge in [0, 0.05) is 11.8 Å². The van der Waals surface area contributed by atoms with E-state index in [1.807, 2.05) is 30.3 Å². The zero-order valence-electron chi connectivity index (χ0n) is 10.9. The fraction of sp³-hybridized carbons (Fsp3) is 0. The predicted molar refractivity (Wildman–Crippen MR) is 76.8 cm³/mol. The van der Waals surface area contributed by atoms with E-state index in [1.54, 1.807) is 24.3 Å². The Labute approximate surface area is 121 Å². The third-order valence-corrected chi connectivity index (χ3v) is 3.03. The van der Waals surface area contributed by atoms with Gasteiger partial charge in [-0.15, -0.1) is 0 Å². The first-order valence-corrected chi connectivity index (χ1v) is 6.27. The molecule has 0 aliphatic rings.